The molecule has 0 spiro atoms. The van der Waals surface area contributed by atoms with Gasteiger partial charge in [0.2, 0.25) is 5.91 Å². The van der Waals surface area contributed by atoms with E-state index in [1.807, 2.05) is 29.9 Å². The Balaban J connectivity index is 1.93. The van der Waals surface area contributed by atoms with Gasteiger partial charge in [0, 0.05) is 18.9 Å². The molecule has 1 aromatic rings. The summed E-state index contributed by atoms with van der Waals surface area (Å²) in [5.74, 6) is -1.37. The summed E-state index contributed by atoms with van der Waals surface area (Å²) in [5.41, 5.74) is 0.908. The maximum absolute atomic E-state index is 11.8. The zero-order valence-electron chi connectivity index (χ0n) is 9.90. The molecular formula is C11H14N4O3. The average molecular weight is 250 g/mol. The molecule has 3 N–H and O–H groups in total. The molecule has 1 aliphatic rings. The number of aromatic nitrogens is 1. The van der Waals surface area contributed by atoms with Crippen LogP contribution in [0.1, 0.15) is 5.69 Å². The van der Waals surface area contributed by atoms with Gasteiger partial charge in [0.1, 0.15) is 0 Å². The van der Waals surface area contributed by atoms with E-state index in [4.69, 9.17) is 0 Å². The van der Waals surface area contributed by atoms with Crippen molar-refractivity contribution in [2.75, 3.05) is 6.54 Å². The highest BCUT2D eigenvalue weighted by atomic mass is 16.2. The van der Waals surface area contributed by atoms with Crippen molar-refractivity contribution in [1.29, 1.82) is 0 Å². The first-order chi connectivity index (χ1) is 8.58. The van der Waals surface area contributed by atoms with Gasteiger partial charge in [-0.05, 0) is 12.1 Å². The maximum atomic E-state index is 11.8. The molecule has 0 saturated carbocycles. The normalized spacial score (nSPS) is 19.1. The number of carbonyl (C=O) groups is 3. The van der Waals surface area contributed by atoms with Crippen LogP contribution < -0.4 is 16.0 Å². The van der Waals surface area contributed by atoms with Gasteiger partial charge >= 0.3 is 0 Å². The van der Waals surface area contributed by atoms with E-state index in [9.17, 15) is 14.4 Å². The van der Waals surface area contributed by atoms with E-state index in [0.717, 1.165) is 5.69 Å². The Morgan fingerprint density at radius 1 is 1.56 bits per heavy atom. The van der Waals surface area contributed by atoms with Crippen LogP contribution in [-0.2, 0) is 28.0 Å². The number of aryl methyl sites for hydroxylation is 1. The topological polar surface area (TPSA) is 92.2 Å². The highest BCUT2D eigenvalue weighted by Crippen LogP contribution is 1.99. The molecule has 0 unspecified atom stereocenters. The van der Waals surface area contributed by atoms with Gasteiger partial charge in [-0.15, -0.1) is 0 Å². The zero-order valence-corrected chi connectivity index (χ0v) is 9.90. The van der Waals surface area contributed by atoms with Crippen molar-refractivity contribution < 1.29 is 14.4 Å². The average Bonchev–Trinajstić information content (AvgIpc) is 2.75. The number of nitrogens with zero attached hydrogens (tertiary/aromatic N) is 1. The monoisotopic (exact) mass is 250 g/mol. The van der Waals surface area contributed by atoms with Gasteiger partial charge in [0.25, 0.3) is 11.8 Å². The van der Waals surface area contributed by atoms with Crippen LogP contribution >= 0.6 is 0 Å². The Labute approximate surface area is 104 Å². The van der Waals surface area contributed by atoms with Gasteiger partial charge in [-0.25, -0.2) is 0 Å². The molecule has 0 aromatic carbocycles. The van der Waals surface area contributed by atoms with Gasteiger partial charge in [0.15, 0.2) is 6.04 Å². The van der Waals surface area contributed by atoms with Crippen LogP contribution in [0.2, 0.25) is 0 Å². The zero-order chi connectivity index (χ0) is 13.1. The fraction of sp³-hybridized carbons (Fsp3) is 0.364. The van der Waals surface area contributed by atoms with E-state index < -0.39 is 17.9 Å². The van der Waals surface area contributed by atoms with E-state index >= 15 is 0 Å². The SMILES string of the molecule is Cn1cccc1CNC(=O)[C@@H]1NC(=O)CNC1=O. The van der Waals surface area contributed by atoms with Crippen LogP contribution in [0.4, 0.5) is 0 Å². The lowest BCUT2D eigenvalue weighted by molar-refractivity contribution is -0.140. The summed E-state index contributed by atoms with van der Waals surface area (Å²) in [6.45, 7) is 0.225. The third-order valence-electron chi connectivity index (χ3n) is 2.75. The van der Waals surface area contributed by atoms with Gasteiger partial charge in [-0.1, -0.05) is 0 Å². The smallest absolute Gasteiger partial charge is 0.252 e. The van der Waals surface area contributed by atoms with Crippen LogP contribution in [0.5, 0.6) is 0 Å². The van der Waals surface area contributed by atoms with E-state index in [2.05, 4.69) is 16.0 Å². The van der Waals surface area contributed by atoms with Crippen molar-refractivity contribution in [3.8, 4) is 0 Å². The van der Waals surface area contributed by atoms with Crippen molar-refractivity contribution in [3.63, 3.8) is 0 Å². The molecule has 1 atom stereocenters. The molecule has 18 heavy (non-hydrogen) atoms. The van der Waals surface area contributed by atoms with Crippen LogP contribution in [0.25, 0.3) is 0 Å². The van der Waals surface area contributed by atoms with E-state index in [-0.39, 0.29) is 12.5 Å². The lowest BCUT2D eigenvalue weighted by Gasteiger charge is -2.22. The number of carbonyl (C=O) groups excluding carboxylic acids is 3. The number of rotatable bonds is 3. The Morgan fingerprint density at radius 2 is 2.33 bits per heavy atom. The highest BCUT2D eigenvalue weighted by Gasteiger charge is 2.31. The van der Waals surface area contributed by atoms with Crippen LogP contribution in [0.15, 0.2) is 18.3 Å². The Morgan fingerprint density at radius 3 is 3.00 bits per heavy atom. The molecular weight excluding hydrogens is 236 g/mol. The Kier molecular flexibility index (Phi) is 3.31. The van der Waals surface area contributed by atoms with Gasteiger partial charge < -0.3 is 20.5 Å². The largest absolute Gasteiger partial charge is 0.353 e. The molecule has 2 heterocycles. The van der Waals surface area contributed by atoms with Crippen molar-refractivity contribution >= 4 is 17.7 Å². The minimum atomic E-state index is -1.15. The molecule has 3 amide bonds. The summed E-state index contributed by atoms with van der Waals surface area (Å²) in [7, 11) is 1.86. The second kappa shape index (κ2) is 4.91. The van der Waals surface area contributed by atoms with Crippen LogP contribution in [0.3, 0.4) is 0 Å². The predicted molar refractivity (Wildman–Crippen MR) is 62.2 cm³/mol. The first-order valence-electron chi connectivity index (χ1n) is 5.53. The lowest BCUT2D eigenvalue weighted by atomic mass is 10.2. The second-order valence-electron chi connectivity index (χ2n) is 4.05. The molecule has 0 aliphatic carbocycles. The molecule has 1 saturated heterocycles. The highest BCUT2D eigenvalue weighted by molar-refractivity contribution is 6.09. The van der Waals surface area contributed by atoms with Crippen molar-refractivity contribution in [3.05, 3.63) is 24.0 Å². The number of hydrogen-bond donors (Lipinski definition) is 3. The number of hydrogen-bond acceptors (Lipinski definition) is 3. The van der Waals surface area contributed by atoms with Gasteiger partial charge in [0.05, 0.1) is 13.1 Å². The molecule has 7 heteroatoms. The summed E-state index contributed by atoms with van der Waals surface area (Å²) >= 11 is 0. The standard InChI is InChI=1S/C11H14N4O3/c1-15-4-2-3-7(15)5-12-10(17)9-11(18)13-6-8(16)14-9/h2-4,9H,5-6H2,1H3,(H,12,17)(H,13,18)(H,14,16)/t9-/m0/s1. The van der Waals surface area contributed by atoms with Crippen LogP contribution in [-0.4, -0.2) is 34.9 Å². The van der Waals surface area contributed by atoms with Crippen molar-refractivity contribution in [1.82, 2.24) is 20.5 Å². The van der Waals surface area contributed by atoms with Gasteiger partial charge in [-0.3, -0.25) is 14.4 Å². The van der Waals surface area contributed by atoms with Crippen molar-refractivity contribution in [2.45, 2.75) is 12.6 Å². The first kappa shape index (κ1) is 12.2. The maximum Gasteiger partial charge on any atom is 0.252 e. The summed E-state index contributed by atoms with van der Waals surface area (Å²) in [6.07, 6.45) is 1.86. The van der Waals surface area contributed by atoms with Crippen molar-refractivity contribution in [2.24, 2.45) is 7.05 Å². The third kappa shape index (κ3) is 2.50. The summed E-state index contributed by atoms with van der Waals surface area (Å²) < 4.78 is 1.86. The molecule has 2 rings (SSSR count). The number of nitrogens with one attached hydrogen (secondary N) is 3. The lowest BCUT2D eigenvalue weighted by Crippen LogP contribution is -2.61. The fourth-order valence-electron chi connectivity index (χ4n) is 1.69. The second-order valence-corrected chi connectivity index (χ2v) is 4.05. The quantitative estimate of drug-likeness (QED) is 0.556. The van der Waals surface area contributed by atoms with E-state index in [1.54, 1.807) is 0 Å². The Hall–Kier alpha value is -2.31. The molecule has 1 fully saturated rings. The fourth-order valence-corrected chi connectivity index (χ4v) is 1.69. The molecule has 0 radical (unpaired) electrons. The summed E-state index contributed by atoms with van der Waals surface area (Å²) in [6, 6.07) is 2.57. The third-order valence-corrected chi connectivity index (χ3v) is 2.75. The van der Waals surface area contributed by atoms with Gasteiger partial charge in [-0.2, -0.15) is 0 Å². The molecule has 1 aliphatic heterocycles. The summed E-state index contributed by atoms with van der Waals surface area (Å²) in [5, 5.41) is 7.30. The van der Waals surface area contributed by atoms with E-state index in [1.165, 1.54) is 0 Å². The number of piperazine rings is 1. The Bertz CT molecular complexity index is 494. The summed E-state index contributed by atoms with van der Waals surface area (Å²) in [4.78, 5) is 34.3. The molecule has 96 valence electrons. The van der Waals surface area contributed by atoms with E-state index in [0.29, 0.717) is 6.54 Å². The molecule has 1 aromatic heterocycles. The number of amides is 3. The van der Waals surface area contributed by atoms with Crippen LogP contribution in [0, 0.1) is 0 Å². The first-order valence-corrected chi connectivity index (χ1v) is 5.53. The minimum absolute atomic E-state index is 0.0829. The molecule has 7 nitrogen and oxygen atoms in total. The minimum Gasteiger partial charge on any atom is -0.353 e. The predicted octanol–water partition coefficient (Wildman–Crippen LogP) is -1.74. The molecule has 0 bridgehead atoms.